The normalized spacial score (nSPS) is 11.2. The van der Waals surface area contributed by atoms with Crippen LogP contribution in [0.15, 0.2) is 0 Å². The summed E-state index contributed by atoms with van der Waals surface area (Å²) in [5.74, 6) is -2.50. The van der Waals surface area contributed by atoms with Gasteiger partial charge in [0.25, 0.3) is 0 Å². The Hall–Kier alpha value is -1.22. The zero-order chi connectivity index (χ0) is 13.0. The number of aliphatic carboxylic acids is 2. The molecule has 0 unspecified atom stereocenters. The number of hydrogen-bond donors (Lipinski definition) is 6. The van der Waals surface area contributed by atoms with Crippen LogP contribution in [-0.2, 0) is 9.59 Å². The van der Waals surface area contributed by atoms with Crippen LogP contribution in [-0.4, -0.2) is 64.7 Å². The Kier molecular flexibility index (Phi) is 12.7. The number of carbonyl (C=O) groups is 2. The molecule has 0 heterocycles. The molecule has 8 heteroatoms. The second-order valence-corrected chi connectivity index (χ2v) is 2.74. The van der Waals surface area contributed by atoms with Crippen molar-refractivity contribution in [1.29, 1.82) is 0 Å². The SMILES string of the molecule is N[C@@H](CC(=O)O)C(=O)O.OCCNCCO. The molecule has 0 fully saturated rings. The van der Waals surface area contributed by atoms with Gasteiger partial charge in [0.05, 0.1) is 19.6 Å². The first kappa shape index (κ1) is 17.2. The van der Waals surface area contributed by atoms with Crippen molar-refractivity contribution in [2.24, 2.45) is 5.73 Å². The summed E-state index contributed by atoms with van der Waals surface area (Å²) in [6.45, 7) is 1.42. The lowest BCUT2D eigenvalue weighted by Gasteiger charge is -1.99. The summed E-state index contributed by atoms with van der Waals surface area (Å²) in [6.07, 6.45) is -0.532. The summed E-state index contributed by atoms with van der Waals surface area (Å²) in [4.78, 5) is 19.6. The van der Waals surface area contributed by atoms with Gasteiger partial charge in [-0.15, -0.1) is 0 Å². The summed E-state index contributed by atoms with van der Waals surface area (Å²) >= 11 is 0. The van der Waals surface area contributed by atoms with Gasteiger partial charge in [0.2, 0.25) is 0 Å². The molecule has 7 N–H and O–H groups in total. The first-order valence-electron chi connectivity index (χ1n) is 4.58. The molecular formula is C8H18N2O6. The molecule has 0 aromatic rings. The van der Waals surface area contributed by atoms with Gasteiger partial charge in [-0.25, -0.2) is 0 Å². The number of rotatable bonds is 7. The minimum absolute atomic E-state index is 0.139. The average Bonchev–Trinajstić information content (AvgIpc) is 2.18. The first-order chi connectivity index (χ1) is 7.45. The standard InChI is InChI=1S/C4H7NO4.C4H11NO2/c5-2(4(8)9)1-3(6)7;6-3-1-5-2-4-7/h2H,1,5H2,(H,6,7)(H,8,9);5-7H,1-4H2/t2-;/m0./s1. The second-order valence-electron chi connectivity index (χ2n) is 2.74. The third kappa shape index (κ3) is 15.3. The summed E-state index contributed by atoms with van der Waals surface area (Å²) in [6, 6.07) is -1.29. The van der Waals surface area contributed by atoms with Crippen LogP contribution >= 0.6 is 0 Å². The Morgan fingerprint density at radius 3 is 1.75 bits per heavy atom. The van der Waals surface area contributed by atoms with Crippen LogP contribution in [0.5, 0.6) is 0 Å². The van der Waals surface area contributed by atoms with Crippen molar-refractivity contribution in [1.82, 2.24) is 5.32 Å². The van der Waals surface area contributed by atoms with Crippen LogP contribution in [0.25, 0.3) is 0 Å². The predicted octanol–water partition coefficient (Wildman–Crippen LogP) is -2.57. The van der Waals surface area contributed by atoms with Crippen molar-refractivity contribution >= 4 is 11.9 Å². The van der Waals surface area contributed by atoms with E-state index in [0.717, 1.165) is 0 Å². The maximum Gasteiger partial charge on any atom is 0.321 e. The molecule has 0 aromatic carbocycles. The fourth-order valence-electron chi connectivity index (χ4n) is 0.559. The summed E-state index contributed by atoms with van der Waals surface area (Å²) in [7, 11) is 0. The van der Waals surface area contributed by atoms with Crippen LogP contribution in [0, 0.1) is 0 Å². The molecule has 0 aliphatic carbocycles. The summed E-state index contributed by atoms with van der Waals surface area (Å²) in [5, 5.41) is 35.1. The van der Waals surface area contributed by atoms with Gasteiger partial charge in [0.15, 0.2) is 0 Å². The number of hydrogen-bond acceptors (Lipinski definition) is 6. The smallest absolute Gasteiger partial charge is 0.321 e. The van der Waals surface area contributed by atoms with E-state index in [4.69, 9.17) is 26.2 Å². The van der Waals surface area contributed by atoms with Crippen LogP contribution in [0.4, 0.5) is 0 Å². The molecule has 0 amide bonds. The van der Waals surface area contributed by atoms with Crippen molar-refractivity contribution in [3.63, 3.8) is 0 Å². The monoisotopic (exact) mass is 238 g/mol. The van der Waals surface area contributed by atoms with E-state index in [9.17, 15) is 9.59 Å². The molecule has 0 aliphatic heterocycles. The Labute approximate surface area is 92.7 Å². The molecule has 0 saturated heterocycles. The summed E-state index contributed by atoms with van der Waals surface area (Å²) < 4.78 is 0. The minimum atomic E-state index is -1.29. The van der Waals surface area contributed by atoms with E-state index in [1.807, 2.05) is 0 Å². The van der Waals surface area contributed by atoms with Gasteiger partial charge < -0.3 is 31.5 Å². The van der Waals surface area contributed by atoms with E-state index >= 15 is 0 Å². The molecular weight excluding hydrogens is 220 g/mol. The highest BCUT2D eigenvalue weighted by Gasteiger charge is 2.14. The van der Waals surface area contributed by atoms with Crippen LogP contribution in [0.1, 0.15) is 6.42 Å². The lowest BCUT2D eigenvalue weighted by molar-refractivity contribution is -0.144. The van der Waals surface area contributed by atoms with Crippen LogP contribution in [0.3, 0.4) is 0 Å². The van der Waals surface area contributed by atoms with Gasteiger partial charge in [-0.2, -0.15) is 0 Å². The van der Waals surface area contributed by atoms with E-state index in [0.29, 0.717) is 13.1 Å². The second kappa shape index (κ2) is 11.9. The lowest BCUT2D eigenvalue weighted by Crippen LogP contribution is -2.32. The largest absolute Gasteiger partial charge is 0.481 e. The summed E-state index contributed by atoms with van der Waals surface area (Å²) in [5.41, 5.74) is 4.84. The molecule has 0 radical (unpaired) electrons. The van der Waals surface area contributed by atoms with Gasteiger partial charge >= 0.3 is 11.9 Å². The quantitative estimate of drug-likeness (QED) is 0.265. The molecule has 0 saturated carbocycles. The number of carboxylic acids is 2. The van der Waals surface area contributed by atoms with Crippen LogP contribution in [0.2, 0.25) is 0 Å². The highest BCUT2D eigenvalue weighted by molar-refractivity contribution is 5.80. The Morgan fingerprint density at radius 1 is 1.12 bits per heavy atom. The Morgan fingerprint density at radius 2 is 1.56 bits per heavy atom. The van der Waals surface area contributed by atoms with Crippen LogP contribution < -0.4 is 11.1 Å². The van der Waals surface area contributed by atoms with E-state index in [1.165, 1.54) is 0 Å². The third-order valence-corrected chi connectivity index (χ3v) is 1.29. The molecule has 8 nitrogen and oxygen atoms in total. The molecule has 0 rings (SSSR count). The molecule has 96 valence electrons. The minimum Gasteiger partial charge on any atom is -0.481 e. The molecule has 0 bridgehead atoms. The van der Waals surface area contributed by atoms with Crippen molar-refractivity contribution in [3.8, 4) is 0 Å². The van der Waals surface area contributed by atoms with E-state index in [1.54, 1.807) is 0 Å². The fourth-order valence-corrected chi connectivity index (χ4v) is 0.559. The van der Waals surface area contributed by atoms with Gasteiger partial charge in [-0.3, -0.25) is 9.59 Å². The van der Waals surface area contributed by atoms with E-state index in [-0.39, 0.29) is 13.2 Å². The molecule has 0 spiro atoms. The molecule has 0 aromatic heterocycles. The average molecular weight is 238 g/mol. The first-order valence-corrected chi connectivity index (χ1v) is 4.58. The zero-order valence-corrected chi connectivity index (χ0v) is 8.80. The molecule has 0 aliphatic rings. The van der Waals surface area contributed by atoms with Gasteiger partial charge in [0.1, 0.15) is 6.04 Å². The lowest BCUT2D eigenvalue weighted by atomic mass is 10.2. The van der Waals surface area contributed by atoms with Gasteiger partial charge in [0, 0.05) is 13.1 Å². The van der Waals surface area contributed by atoms with Crippen molar-refractivity contribution < 1.29 is 30.0 Å². The number of aliphatic hydroxyl groups excluding tert-OH is 2. The van der Waals surface area contributed by atoms with Gasteiger partial charge in [-0.1, -0.05) is 0 Å². The maximum absolute atomic E-state index is 9.85. The van der Waals surface area contributed by atoms with Crippen molar-refractivity contribution in [3.05, 3.63) is 0 Å². The predicted molar refractivity (Wildman–Crippen MR) is 54.9 cm³/mol. The molecule has 16 heavy (non-hydrogen) atoms. The van der Waals surface area contributed by atoms with E-state index in [2.05, 4.69) is 5.32 Å². The highest BCUT2D eigenvalue weighted by Crippen LogP contribution is 1.86. The Balaban J connectivity index is 0. The highest BCUT2D eigenvalue weighted by atomic mass is 16.4. The number of nitrogens with two attached hydrogens (primary N) is 1. The van der Waals surface area contributed by atoms with Gasteiger partial charge in [-0.05, 0) is 0 Å². The zero-order valence-electron chi connectivity index (χ0n) is 8.80. The number of aliphatic hydroxyl groups is 2. The topological polar surface area (TPSA) is 153 Å². The van der Waals surface area contributed by atoms with Crippen molar-refractivity contribution in [2.75, 3.05) is 26.3 Å². The molecule has 1 atom stereocenters. The maximum atomic E-state index is 9.85. The van der Waals surface area contributed by atoms with E-state index < -0.39 is 24.4 Å². The number of nitrogens with one attached hydrogen (secondary N) is 1. The fraction of sp³-hybridized carbons (Fsp3) is 0.750. The number of carboxylic acid groups (broad SMARTS) is 2. The van der Waals surface area contributed by atoms with Crippen molar-refractivity contribution in [2.45, 2.75) is 12.5 Å². The Bertz CT molecular complexity index is 195. The third-order valence-electron chi connectivity index (χ3n) is 1.29.